The highest BCUT2D eigenvalue weighted by Crippen LogP contribution is 2.48. The van der Waals surface area contributed by atoms with E-state index in [-0.39, 0.29) is 0 Å². The standard InChI is InChI=1S/C19H30O2/c1-13-7-8-16(17(21-6)14(13)2)19(20)11-9-15(10-12-19)18(3,4)5/h7-8,15,20H,9-12H2,1-6H3. The van der Waals surface area contributed by atoms with Gasteiger partial charge in [0.1, 0.15) is 5.75 Å². The van der Waals surface area contributed by atoms with Gasteiger partial charge in [0, 0.05) is 5.56 Å². The van der Waals surface area contributed by atoms with Crippen molar-refractivity contribution in [2.24, 2.45) is 11.3 Å². The van der Waals surface area contributed by atoms with Gasteiger partial charge in [0.25, 0.3) is 0 Å². The molecule has 0 aromatic heterocycles. The second-order valence-electron chi connectivity index (χ2n) is 7.76. The van der Waals surface area contributed by atoms with Gasteiger partial charge < -0.3 is 9.84 Å². The van der Waals surface area contributed by atoms with Crippen molar-refractivity contribution in [3.05, 3.63) is 28.8 Å². The highest BCUT2D eigenvalue weighted by molar-refractivity contribution is 5.48. The number of hydrogen-bond acceptors (Lipinski definition) is 2. The summed E-state index contributed by atoms with van der Waals surface area (Å²) in [5.41, 5.74) is 2.92. The maximum atomic E-state index is 11.2. The molecule has 1 aromatic carbocycles. The van der Waals surface area contributed by atoms with Crippen LogP contribution in [0.5, 0.6) is 5.75 Å². The van der Waals surface area contributed by atoms with Gasteiger partial charge in [-0.15, -0.1) is 0 Å². The molecule has 2 nitrogen and oxygen atoms in total. The van der Waals surface area contributed by atoms with Gasteiger partial charge in [-0.3, -0.25) is 0 Å². The molecule has 2 rings (SSSR count). The zero-order valence-electron chi connectivity index (χ0n) is 14.4. The van der Waals surface area contributed by atoms with E-state index < -0.39 is 5.60 Å². The molecule has 21 heavy (non-hydrogen) atoms. The third kappa shape index (κ3) is 3.11. The van der Waals surface area contributed by atoms with E-state index in [4.69, 9.17) is 4.74 Å². The van der Waals surface area contributed by atoms with Crippen LogP contribution in [-0.2, 0) is 5.60 Å². The van der Waals surface area contributed by atoms with Crippen molar-refractivity contribution in [1.29, 1.82) is 0 Å². The van der Waals surface area contributed by atoms with E-state index in [1.165, 1.54) is 5.56 Å². The normalized spacial score (nSPS) is 26.7. The maximum absolute atomic E-state index is 11.2. The Hall–Kier alpha value is -1.02. The Morgan fingerprint density at radius 1 is 1.14 bits per heavy atom. The van der Waals surface area contributed by atoms with Crippen LogP contribution < -0.4 is 4.74 Å². The topological polar surface area (TPSA) is 29.5 Å². The lowest BCUT2D eigenvalue weighted by Crippen LogP contribution is -2.35. The van der Waals surface area contributed by atoms with Crippen molar-refractivity contribution in [3.63, 3.8) is 0 Å². The van der Waals surface area contributed by atoms with E-state index >= 15 is 0 Å². The fourth-order valence-electron chi connectivity index (χ4n) is 3.65. The molecule has 0 radical (unpaired) electrons. The lowest BCUT2D eigenvalue weighted by molar-refractivity contribution is -0.0313. The zero-order chi connectivity index (χ0) is 15.8. The Kier molecular flexibility index (Phi) is 4.39. The van der Waals surface area contributed by atoms with Crippen molar-refractivity contribution < 1.29 is 9.84 Å². The van der Waals surface area contributed by atoms with Crippen LogP contribution in [0, 0.1) is 25.2 Å². The summed E-state index contributed by atoms with van der Waals surface area (Å²) in [4.78, 5) is 0. The molecule has 1 aliphatic carbocycles. The lowest BCUT2D eigenvalue weighted by Gasteiger charge is -2.42. The molecule has 0 saturated heterocycles. The molecule has 0 amide bonds. The average molecular weight is 290 g/mol. The third-order valence-electron chi connectivity index (χ3n) is 5.42. The first-order chi connectivity index (χ1) is 9.69. The molecule has 0 atom stereocenters. The number of methoxy groups -OCH3 is 1. The summed E-state index contributed by atoms with van der Waals surface area (Å²) >= 11 is 0. The molecule has 1 aliphatic rings. The number of aliphatic hydroxyl groups is 1. The van der Waals surface area contributed by atoms with E-state index in [2.05, 4.69) is 46.8 Å². The van der Waals surface area contributed by atoms with Gasteiger partial charge in [-0.05, 0) is 62.0 Å². The van der Waals surface area contributed by atoms with Gasteiger partial charge in [-0.25, -0.2) is 0 Å². The van der Waals surface area contributed by atoms with Crippen LogP contribution in [0.25, 0.3) is 0 Å². The highest BCUT2D eigenvalue weighted by Gasteiger charge is 2.40. The van der Waals surface area contributed by atoms with Gasteiger partial charge in [0.05, 0.1) is 12.7 Å². The molecule has 1 fully saturated rings. The lowest BCUT2D eigenvalue weighted by atomic mass is 9.66. The highest BCUT2D eigenvalue weighted by atomic mass is 16.5. The molecule has 0 unspecified atom stereocenters. The van der Waals surface area contributed by atoms with Gasteiger partial charge >= 0.3 is 0 Å². The van der Waals surface area contributed by atoms with E-state index in [1.54, 1.807) is 7.11 Å². The molecule has 0 heterocycles. The van der Waals surface area contributed by atoms with E-state index in [9.17, 15) is 5.11 Å². The maximum Gasteiger partial charge on any atom is 0.128 e. The van der Waals surface area contributed by atoms with Crippen molar-refractivity contribution in [2.75, 3.05) is 7.11 Å². The van der Waals surface area contributed by atoms with Crippen LogP contribution >= 0.6 is 0 Å². The minimum atomic E-state index is -0.731. The predicted octanol–water partition coefficient (Wildman–Crippen LogP) is 4.74. The molecule has 0 bridgehead atoms. The molecular formula is C19H30O2. The van der Waals surface area contributed by atoms with Crippen LogP contribution in [0.15, 0.2) is 12.1 Å². The number of aryl methyl sites for hydroxylation is 1. The summed E-state index contributed by atoms with van der Waals surface area (Å²) in [7, 11) is 1.70. The molecule has 0 aliphatic heterocycles. The minimum Gasteiger partial charge on any atom is -0.496 e. The minimum absolute atomic E-state index is 0.328. The van der Waals surface area contributed by atoms with E-state index in [1.807, 2.05) is 0 Å². The Morgan fingerprint density at radius 2 is 1.71 bits per heavy atom. The number of rotatable bonds is 2. The van der Waals surface area contributed by atoms with Crippen LogP contribution in [-0.4, -0.2) is 12.2 Å². The van der Waals surface area contributed by atoms with Crippen molar-refractivity contribution in [1.82, 2.24) is 0 Å². The summed E-state index contributed by atoms with van der Waals surface area (Å²) in [6.07, 6.45) is 3.81. The Labute approximate surface area is 129 Å². The van der Waals surface area contributed by atoms with Gasteiger partial charge in [0.2, 0.25) is 0 Å². The second-order valence-corrected chi connectivity index (χ2v) is 7.76. The molecule has 1 aromatic rings. The van der Waals surface area contributed by atoms with Crippen LogP contribution in [0.1, 0.15) is 63.1 Å². The van der Waals surface area contributed by atoms with E-state index in [0.717, 1.165) is 42.6 Å². The van der Waals surface area contributed by atoms with Crippen LogP contribution in [0.3, 0.4) is 0 Å². The summed E-state index contributed by atoms with van der Waals surface area (Å²) in [5.74, 6) is 1.56. The third-order valence-corrected chi connectivity index (χ3v) is 5.42. The first-order valence-corrected chi connectivity index (χ1v) is 8.06. The number of ether oxygens (including phenoxy) is 1. The molecule has 118 valence electrons. The fourth-order valence-corrected chi connectivity index (χ4v) is 3.65. The van der Waals surface area contributed by atoms with Gasteiger partial charge in [-0.1, -0.05) is 32.9 Å². The SMILES string of the molecule is COc1c(C2(O)CCC(C(C)(C)C)CC2)ccc(C)c1C. The van der Waals surface area contributed by atoms with Crippen molar-refractivity contribution >= 4 is 0 Å². The van der Waals surface area contributed by atoms with Crippen molar-refractivity contribution in [3.8, 4) is 5.75 Å². The monoisotopic (exact) mass is 290 g/mol. The van der Waals surface area contributed by atoms with Crippen LogP contribution in [0.4, 0.5) is 0 Å². The number of hydrogen-bond donors (Lipinski definition) is 1. The predicted molar refractivity (Wildman–Crippen MR) is 87.8 cm³/mol. The molecule has 1 saturated carbocycles. The Morgan fingerprint density at radius 3 is 2.19 bits per heavy atom. The molecule has 2 heteroatoms. The average Bonchev–Trinajstić information content (AvgIpc) is 2.41. The van der Waals surface area contributed by atoms with Gasteiger partial charge in [-0.2, -0.15) is 0 Å². The molecular weight excluding hydrogens is 260 g/mol. The van der Waals surface area contributed by atoms with Crippen molar-refractivity contribution in [2.45, 2.75) is 65.9 Å². The molecule has 0 spiro atoms. The summed E-state index contributed by atoms with van der Waals surface area (Å²) in [6, 6.07) is 4.15. The summed E-state index contributed by atoms with van der Waals surface area (Å²) in [5, 5.41) is 11.2. The summed E-state index contributed by atoms with van der Waals surface area (Å²) in [6.45, 7) is 11.1. The quantitative estimate of drug-likeness (QED) is 0.852. The van der Waals surface area contributed by atoms with E-state index in [0.29, 0.717) is 11.3 Å². The molecule has 1 N–H and O–H groups in total. The van der Waals surface area contributed by atoms with Crippen LogP contribution in [0.2, 0.25) is 0 Å². The van der Waals surface area contributed by atoms with Gasteiger partial charge in [0.15, 0.2) is 0 Å². The first-order valence-electron chi connectivity index (χ1n) is 8.06. The Balaban J connectivity index is 2.29. The zero-order valence-corrected chi connectivity index (χ0v) is 14.4. The Bertz CT molecular complexity index is 503. The largest absolute Gasteiger partial charge is 0.496 e. The second kappa shape index (κ2) is 5.64. The summed E-state index contributed by atoms with van der Waals surface area (Å²) < 4.78 is 5.61. The smallest absolute Gasteiger partial charge is 0.128 e. The number of benzene rings is 1. The first kappa shape index (κ1) is 16.4. The fraction of sp³-hybridized carbons (Fsp3) is 0.684.